The van der Waals surface area contributed by atoms with E-state index in [1.807, 2.05) is 0 Å². The van der Waals surface area contributed by atoms with Crippen molar-refractivity contribution >= 4 is 5.97 Å². The van der Waals surface area contributed by atoms with E-state index in [1.54, 1.807) is 0 Å². The molecule has 19 heavy (non-hydrogen) atoms. The molecular weight excluding hydrogens is 238 g/mol. The predicted molar refractivity (Wildman–Crippen MR) is 74.8 cm³/mol. The summed E-state index contributed by atoms with van der Waals surface area (Å²) in [5.41, 5.74) is 0.0661. The molecule has 0 radical (unpaired) electrons. The van der Waals surface area contributed by atoms with Crippen LogP contribution >= 0.6 is 0 Å². The Labute approximate surface area is 116 Å². The summed E-state index contributed by atoms with van der Waals surface area (Å²) in [6, 6.07) is 0. The molecule has 0 aromatic heterocycles. The zero-order chi connectivity index (χ0) is 13.3. The van der Waals surface area contributed by atoms with E-state index in [-0.39, 0.29) is 17.4 Å². The highest BCUT2D eigenvalue weighted by molar-refractivity contribution is 5.76. The highest BCUT2D eigenvalue weighted by Crippen LogP contribution is 2.49. The molecule has 3 nitrogen and oxygen atoms in total. The van der Waals surface area contributed by atoms with E-state index in [0.717, 1.165) is 19.5 Å². The first-order valence-corrected chi connectivity index (χ1v) is 7.78. The molecule has 0 unspecified atom stereocenters. The number of nitrogens with zero attached hydrogens (tertiary/aromatic N) is 1. The van der Waals surface area contributed by atoms with Crippen LogP contribution in [0.5, 0.6) is 0 Å². The van der Waals surface area contributed by atoms with Gasteiger partial charge in [0.1, 0.15) is 0 Å². The van der Waals surface area contributed by atoms with Gasteiger partial charge < -0.3 is 4.74 Å². The maximum Gasteiger partial charge on any atom is 0.314 e. The van der Waals surface area contributed by atoms with E-state index in [1.165, 1.54) is 45.6 Å². The van der Waals surface area contributed by atoms with Crippen LogP contribution in [-0.2, 0) is 9.53 Å². The van der Waals surface area contributed by atoms with E-state index in [2.05, 4.69) is 17.1 Å². The van der Waals surface area contributed by atoms with Crippen LogP contribution in [0.4, 0.5) is 0 Å². The fraction of sp³-hybridized carbons (Fsp3) is 0.812. The average molecular weight is 263 g/mol. The first-order chi connectivity index (χ1) is 9.29. The van der Waals surface area contributed by atoms with Gasteiger partial charge in [0.15, 0.2) is 0 Å². The molecule has 0 aromatic carbocycles. The molecule has 2 aliphatic carbocycles. The molecule has 0 aromatic rings. The van der Waals surface area contributed by atoms with Gasteiger partial charge in [0.2, 0.25) is 0 Å². The van der Waals surface area contributed by atoms with Crippen LogP contribution in [-0.4, -0.2) is 36.6 Å². The summed E-state index contributed by atoms with van der Waals surface area (Å²) in [5.74, 6) is 0.567. The Morgan fingerprint density at radius 1 is 1.26 bits per heavy atom. The molecule has 3 heteroatoms. The third-order valence-electron chi connectivity index (χ3n) is 5.52. The number of carbonyl (C=O) groups excluding carboxylic acids is 1. The fourth-order valence-corrected chi connectivity index (χ4v) is 4.69. The van der Waals surface area contributed by atoms with Crippen molar-refractivity contribution in [3.63, 3.8) is 0 Å². The predicted octanol–water partition coefficient (Wildman–Crippen LogP) is 2.76. The number of esters is 1. The Bertz CT molecular complexity index is 373. The second kappa shape index (κ2) is 5.28. The quantitative estimate of drug-likeness (QED) is 0.567. The molecule has 0 bridgehead atoms. The molecular formula is C16H25NO2. The summed E-state index contributed by atoms with van der Waals surface area (Å²) in [5, 5.41) is 0. The minimum atomic E-state index is -0.0466. The van der Waals surface area contributed by atoms with Crippen molar-refractivity contribution in [3.8, 4) is 0 Å². The Balaban J connectivity index is 1.98. The molecule has 0 spiro atoms. The number of carbonyl (C=O) groups is 1. The minimum Gasteiger partial charge on any atom is -0.469 e. The molecule has 0 N–H and O–H groups in total. The minimum absolute atomic E-state index is 0.0326. The van der Waals surface area contributed by atoms with Crippen LogP contribution in [0.3, 0.4) is 0 Å². The molecule has 1 heterocycles. The molecule has 3 rings (SSSR count). The second-order valence-electron chi connectivity index (χ2n) is 6.29. The molecule has 3 aliphatic rings. The Morgan fingerprint density at radius 3 is 2.79 bits per heavy atom. The number of allylic oxidation sites excluding steroid dienone is 1. The van der Waals surface area contributed by atoms with Gasteiger partial charge in [-0.25, -0.2) is 0 Å². The van der Waals surface area contributed by atoms with Crippen molar-refractivity contribution in [2.45, 2.75) is 50.5 Å². The number of fused-ring (bicyclic) bond motifs is 1. The average Bonchev–Trinajstić information content (AvgIpc) is 3.00. The van der Waals surface area contributed by atoms with Crippen LogP contribution in [0.15, 0.2) is 12.2 Å². The van der Waals surface area contributed by atoms with E-state index in [4.69, 9.17) is 4.74 Å². The maximum atomic E-state index is 12.3. The summed E-state index contributed by atoms with van der Waals surface area (Å²) in [6.45, 7) is 2.33. The molecule has 1 aliphatic heterocycles. The van der Waals surface area contributed by atoms with Gasteiger partial charge in [-0.3, -0.25) is 9.69 Å². The van der Waals surface area contributed by atoms with Gasteiger partial charge in [-0.1, -0.05) is 25.0 Å². The van der Waals surface area contributed by atoms with Crippen LogP contribution < -0.4 is 0 Å². The van der Waals surface area contributed by atoms with E-state index < -0.39 is 0 Å². The van der Waals surface area contributed by atoms with Crippen molar-refractivity contribution in [1.82, 2.24) is 4.90 Å². The van der Waals surface area contributed by atoms with Crippen molar-refractivity contribution < 1.29 is 9.53 Å². The third-order valence-corrected chi connectivity index (χ3v) is 5.52. The number of hydrogen-bond donors (Lipinski definition) is 0. The Hall–Kier alpha value is -0.830. The molecule has 1 saturated carbocycles. The number of ether oxygens (including phenoxy) is 1. The van der Waals surface area contributed by atoms with Crippen molar-refractivity contribution in [2.75, 3.05) is 20.2 Å². The highest BCUT2D eigenvalue weighted by atomic mass is 16.5. The largest absolute Gasteiger partial charge is 0.469 e. The number of rotatable bonds is 2. The second-order valence-corrected chi connectivity index (χ2v) is 6.29. The Kier molecular flexibility index (Phi) is 3.66. The summed E-state index contributed by atoms with van der Waals surface area (Å²) in [4.78, 5) is 14.9. The molecule has 106 valence electrons. The smallest absolute Gasteiger partial charge is 0.314 e. The van der Waals surface area contributed by atoms with Gasteiger partial charge in [-0.15, -0.1) is 0 Å². The summed E-state index contributed by atoms with van der Waals surface area (Å²) >= 11 is 0. The molecule has 3 atom stereocenters. The van der Waals surface area contributed by atoms with Crippen molar-refractivity contribution in [2.24, 2.45) is 11.8 Å². The lowest BCUT2D eigenvalue weighted by Gasteiger charge is -2.54. The number of methoxy groups -OCH3 is 1. The van der Waals surface area contributed by atoms with Crippen LogP contribution in [0.25, 0.3) is 0 Å². The van der Waals surface area contributed by atoms with E-state index >= 15 is 0 Å². The molecule has 2 fully saturated rings. The first-order valence-electron chi connectivity index (χ1n) is 7.78. The normalized spacial score (nSPS) is 39.0. The van der Waals surface area contributed by atoms with Crippen LogP contribution in [0.1, 0.15) is 44.9 Å². The summed E-state index contributed by atoms with van der Waals surface area (Å²) in [6.07, 6.45) is 13.1. The topological polar surface area (TPSA) is 29.5 Å². The van der Waals surface area contributed by atoms with E-state index in [9.17, 15) is 4.79 Å². The van der Waals surface area contributed by atoms with Gasteiger partial charge in [0.05, 0.1) is 13.0 Å². The third kappa shape index (κ3) is 2.03. The first kappa shape index (κ1) is 13.2. The van der Waals surface area contributed by atoms with E-state index in [0.29, 0.717) is 5.92 Å². The summed E-state index contributed by atoms with van der Waals surface area (Å²) < 4.78 is 5.11. The molecule has 1 saturated heterocycles. The lowest BCUT2D eigenvalue weighted by atomic mass is 9.61. The monoisotopic (exact) mass is 263 g/mol. The van der Waals surface area contributed by atoms with Gasteiger partial charge in [-0.2, -0.15) is 0 Å². The zero-order valence-corrected chi connectivity index (χ0v) is 11.9. The number of hydrogen-bond acceptors (Lipinski definition) is 3. The van der Waals surface area contributed by atoms with Gasteiger partial charge >= 0.3 is 5.97 Å². The van der Waals surface area contributed by atoms with Crippen molar-refractivity contribution in [3.05, 3.63) is 12.2 Å². The van der Waals surface area contributed by atoms with Gasteiger partial charge in [0.25, 0.3) is 0 Å². The van der Waals surface area contributed by atoms with Crippen LogP contribution in [0, 0.1) is 11.8 Å². The molecule has 0 amide bonds. The number of likely N-dealkylation sites (tertiary alicyclic amines) is 1. The van der Waals surface area contributed by atoms with Crippen molar-refractivity contribution in [1.29, 1.82) is 0 Å². The zero-order valence-electron chi connectivity index (χ0n) is 11.9. The van der Waals surface area contributed by atoms with Gasteiger partial charge in [-0.05, 0) is 51.1 Å². The lowest BCUT2D eigenvalue weighted by Crippen LogP contribution is -2.61. The fourth-order valence-electron chi connectivity index (χ4n) is 4.69. The SMILES string of the molecule is COC(=O)[C@@H]1C=CC[C@H]2CCCC[C@@]21N1CCCC1. The van der Waals surface area contributed by atoms with Gasteiger partial charge in [0, 0.05) is 5.54 Å². The summed E-state index contributed by atoms with van der Waals surface area (Å²) in [7, 11) is 1.53. The Morgan fingerprint density at radius 2 is 2.05 bits per heavy atom. The van der Waals surface area contributed by atoms with Crippen LogP contribution in [0.2, 0.25) is 0 Å². The lowest BCUT2D eigenvalue weighted by molar-refractivity contribution is -0.153. The highest BCUT2D eigenvalue weighted by Gasteiger charge is 2.54. The standard InChI is InChI=1S/C16H25NO2/c1-19-15(18)14-9-6-8-13-7-2-3-10-16(13,14)17-11-4-5-12-17/h6,9,13-14H,2-5,7-8,10-12H2,1H3/t13-,14+,16-/m1/s1. The maximum absolute atomic E-state index is 12.3.